The highest BCUT2D eigenvalue weighted by atomic mass is 32.2. The van der Waals surface area contributed by atoms with E-state index >= 15 is 0 Å². The van der Waals surface area contributed by atoms with Gasteiger partial charge in [0.1, 0.15) is 17.2 Å². The molecule has 0 amide bonds. The van der Waals surface area contributed by atoms with E-state index in [-0.39, 0.29) is 11.6 Å². The Morgan fingerprint density at radius 1 is 1.07 bits per heavy atom. The van der Waals surface area contributed by atoms with Gasteiger partial charge in [0, 0.05) is 6.07 Å². The number of ether oxygens (including phenoxy) is 1. The van der Waals surface area contributed by atoms with E-state index in [4.69, 9.17) is 4.74 Å². The zero-order chi connectivity index (χ0) is 21.5. The van der Waals surface area contributed by atoms with Crippen molar-refractivity contribution in [1.82, 2.24) is 4.57 Å². The predicted molar refractivity (Wildman–Crippen MR) is 97.1 cm³/mol. The highest BCUT2D eigenvalue weighted by Gasteiger charge is 2.29. The lowest BCUT2D eigenvalue weighted by atomic mass is 10.1. The van der Waals surface area contributed by atoms with E-state index in [0.29, 0.717) is 12.1 Å². The van der Waals surface area contributed by atoms with Crippen molar-refractivity contribution in [2.75, 3.05) is 12.9 Å². The molecule has 152 valence electrons. The van der Waals surface area contributed by atoms with Crippen molar-refractivity contribution in [3.63, 3.8) is 0 Å². The standard InChI is InChI=1S/C19H12F5NO3S/c1-3-28-19(27)13-17(26)9-7-11(22)14(23)15(24)16(9)25(18(13)29-2)12-5-4-8(20)6-10(12)21/h4-7H,3H2,1-2H3. The number of benzene rings is 2. The summed E-state index contributed by atoms with van der Waals surface area (Å²) in [6.45, 7) is 1.37. The van der Waals surface area contributed by atoms with E-state index in [1.807, 2.05) is 0 Å². The molecule has 0 aliphatic rings. The summed E-state index contributed by atoms with van der Waals surface area (Å²) in [4.78, 5) is 25.2. The van der Waals surface area contributed by atoms with Crippen molar-refractivity contribution in [2.24, 2.45) is 0 Å². The Hall–Kier alpha value is -2.88. The minimum absolute atomic E-state index is 0.110. The molecule has 0 bridgehead atoms. The van der Waals surface area contributed by atoms with Gasteiger partial charge < -0.3 is 4.74 Å². The number of esters is 1. The number of carbonyl (C=O) groups is 1. The molecule has 0 N–H and O–H groups in total. The van der Waals surface area contributed by atoms with Gasteiger partial charge in [0.15, 0.2) is 17.5 Å². The van der Waals surface area contributed by atoms with E-state index < -0.39 is 62.6 Å². The van der Waals surface area contributed by atoms with Crippen molar-refractivity contribution in [3.8, 4) is 5.69 Å². The first-order valence-corrected chi connectivity index (χ1v) is 9.38. The Morgan fingerprint density at radius 3 is 2.34 bits per heavy atom. The third-order valence-electron chi connectivity index (χ3n) is 4.07. The number of aromatic nitrogens is 1. The molecular formula is C19H12F5NO3S. The SMILES string of the molecule is CCOC(=O)c1c(SC)n(-c2ccc(F)cc2F)c2c(F)c(F)c(F)cc2c1=O. The third kappa shape index (κ3) is 3.37. The first-order chi connectivity index (χ1) is 13.7. The van der Waals surface area contributed by atoms with E-state index in [1.165, 1.54) is 13.2 Å². The van der Waals surface area contributed by atoms with E-state index in [2.05, 4.69) is 0 Å². The molecule has 0 atom stereocenters. The average Bonchev–Trinajstić information content (AvgIpc) is 2.67. The number of carbonyl (C=O) groups excluding carboxylic acids is 1. The Balaban J connectivity index is 2.63. The van der Waals surface area contributed by atoms with Crippen LogP contribution in [0.15, 0.2) is 34.1 Å². The maximum absolute atomic E-state index is 14.7. The topological polar surface area (TPSA) is 48.3 Å². The van der Waals surface area contributed by atoms with Crippen molar-refractivity contribution in [1.29, 1.82) is 0 Å². The zero-order valence-corrected chi connectivity index (χ0v) is 15.8. The van der Waals surface area contributed by atoms with Gasteiger partial charge in [0.25, 0.3) is 0 Å². The van der Waals surface area contributed by atoms with Crippen LogP contribution >= 0.6 is 11.8 Å². The number of hydrogen-bond acceptors (Lipinski definition) is 4. The molecule has 29 heavy (non-hydrogen) atoms. The second-order valence-electron chi connectivity index (χ2n) is 5.75. The first-order valence-electron chi connectivity index (χ1n) is 8.15. The monoisotopic (exact) mass is 429 g/mol. The van der Waals surface area contributed by atoms with Gasteiger partial charge in [-0.25, -0.2) is 26.7 Å². The second-order valence-corrected chi connectivity index (χ2v) is 6.54. The van der Waals surface area contributed by atoms with Crippen LogP contribution in [0.5, 0.6) is 0 Å². The molecule has 10 heteroatoms. The molecule has 0 spiro atoms. The Morgan fingerprint density at radius 2 is 1.76 bits per heavy atom. The van der Waals surface area contributed by atoms with Crippen molar-refractivity contribution in [2.45, 2.75) is 11.9 Å². The van der Waals surface area contributed by atoms with Crippen LogP contribution in [0.4, 0.5) is 22.0 Å². The largest absolute Gasteiger partial charge is 0.462 e. The molecule has 0 saturated carbocycles. The fourth-order valence-corrected chi connectivity index (χ4v) is 3.64. The van der Waals surface area contributed by atoms with Crippen LogP contribution in [0.3, 0.4) is 0 Å². The van der Waals surface area contributed by atoms with Gasteiger partial charge in [-0.3, -0.25) is 9.36 Å². The maximum atomic E-state index is 14.7. The van der Waals surface area contributed by atoms with Gasteiger partial charge in [-0.1, -0.05) is 0 Å². The molecule has 1 aromatic heterocycles. The molecule has 0 aliphatic heterocycles. The fourth-order valence-electron chi connectivity index (χ4n) is 2.89. The quantitative estimate of drug-likeness (QED) is 0.264. The lowest BCUT2D eigenvalue weighted by Gasteiger charge is -2.20. The van der Waals surface area contributed by atoms with Crippen molar-refractivity contribution < 1.29 is 31.5 Å². The maximum Gasteiger partial charge on any atom is 0.344 e. The molecule has 4 nitrogen and oxygen atoms in total. The number of rotatable bonds is 4. The van der Waals surface area contributed by atoms with Crippen LogP contribution in [0.25, 0.3) is 16.6 Å². The smallest absolute Gasteiger partial charge is 0.344 e. The highest BCUT2D eigenvalue weighted by Crippen LogP contribution is 2.32. The highest BCUT2D eigenvalue weighted by molar-refractivity contribution is 7.98. The number of pyridine rings is 1. The molecule has 0 unspecified atom stereocenters. The lowest BCUT2D eigenvalue weighted by Crippen LogP contribution is -2.24. The molecular weight excluding hydrogens is 417 g/mol. The predicted octanol–water partition coefficient (Wildman–Crippen LogP) is 4.58. The fraction of sp³-hybridized carbons (Fsp3) is 0.158. The summed E-state index contributed by atoms with van der Waals surface area (Å²) in [6, 6.07) is 2.68. The Labute approximate surface area is 164 Å². The van der Waals surface area contributed by atoms with Crippen LogP contribution in [0.1, 0.15) is 17.3 Å². The molecule has 2 aromatic carbocycles. The van der Waals surface area contributed by atoms with Crippen molar-refractivity contribution in [3.05, 3.63) is 69.1 Å². The van der Waals surface area contributed by atoms with Crippen LogP contribution in [0.2, 0.25) is 0 Å². The minimum atomic E-state index is -1.89. The second kappa shape index (κ2) is 7.86. The molecule has 0 radical (unpaired) electrons. The van der Waals surface area contributed by atoms with Gasteiger partial charge in [-0.15, -0.1) is 11.8 Å². The molecule has 0 aliphatic carbocycles. The summed E-state index contributed by atoms with van der Waals surface area (Å²) in [5.41, 5.74) is -2.99. The summed E-state index contributed by atoms with van der Waals surface area (Å²) in [5, 5.41) is -0.984. The number of fused-ring (bicyclic) bond motifs is 1. The average molecular weight is 429 g/mol. The van der Waals surface area contributed by atoms with Gasteiger partial charge in [-0.2, -0.15) is 0 Å². The molecule has 0 saturated heterocycles. The third-order valence-corrected chi connectivity index (χ3v) is 4.85. The Kier molecular flexibility index (Phi) is 5.65. The van der Waals surface area contributed by atoms with Gasteiger partial charge >= 0.3 is 5.97 Å². The number of hydrogen-bond donors (Lipinski definition) is 0. The molecule has 3 aromatic rings. The first kappa shape index (κ1) is 20.8. The minimum Gasteiger partial charge on any atom is -0.462 e. The van der Waals surface area contributed by atoms with Gasteiger partial charge in [-0.05, 0) is 31.4 Å². The molecule has 3 rings (SSSR count). The number of nitrogens with zero attached hydrogens (tertiary/aromatic N) is 1. The summed E-state index contributed by atoms with van der Waals surface area (Å²) >= 11 is 0.751. The lowest BCUT2D eigenvalue weighted by molar-refractivity contribution is 0.0519. The van der Waals surface area contributed by atoms with Crippen LogP contribution < -0.4 is 5.43 Å². The zero-order valence-electron chi connectivity index (χ0n) is 15.0. The summed E-state index contributed by atoms with van der Waals surface area (Å²) in [6.07, 6.45) is 1.40. The van der Waals surface area contributed by atoms with E-state index in [1.54, 1.807) is 0 Å². The van der Waals surface area contributed by atoms with Crippen LogP contribution in [0, 0.1) is 29.1 Å². The number of halogens is 5. The normalized spacial score (nSPS) is 11.1. The van der Waals surface area contributed by atoms with Crippen LogP contribution in [-0.2, 0) is 4.74 Å². The van der Waals surface area contributed by atoms with Gasteiger partial charge in [0.05, 0.1) is 28.2 Å². The summed E-state index contributed by atoms with van der Waals surface area (Å²) in [5.74, 6) is -8.53. The summed E-state index contributed by atoms with van der Waals surface area (Å²) < 4.78 is 75.9. The van der Waals surface area contributed by atoms with Crippen molar-refractivity contribution >= 4 is 28.6 Å². The van der Waals surface area contributed by atoms with E-state index in [9.17, 15) is 31.5 Å². The summed E-state index contributed by atoms with van der Waals surface area (Å²) in [7, 11) is 0. The van der Waals surface area contributed by atoms with Crippen LogP contribution in [-0.4, -0.2) is 23.4 Å². The molecule has 0 fully saturated rings. The van der Waals surface area contributed by atoms with Gasteiger partial charge in [0.2, 0.25) is 5.43 Å². The number of thioether (sulfide) groups is 1. The van der Waals surface area contributed by atoms with E-state index in [0.717, 1.165) is 28.5 Å². The Bertz CT molecular complexity index is 1210. The molecule has 1 heterocycles.